The van der Waals surface area contributed by atoms with Gasteiger partial charge in [-0.05, 0) is 57.3 Å². The van der Waals surface area contributed by atoms with Crippen LogP contribution in [0.1, 0.15) is 38.2 Å². The molecule has 0 spiro atoms. The second-order valence-electron chi connectivity index (χ2n) is 6.42. The lowest BCUT2D eigenvalue weighted by Crippen LogP contribution is -2.53. The van der Waals surface area contributed by atoms with Crippen LogP contribution in [-0.2, 0) is 11.2 Å². The highest BCUT2D eigenvalue weighted by Gasteiger charge is 2.42. The van der Waals surface area contributed by atoms with E-state index in [1.807, 2.05) is 19.0 Å². The zero-order chi connectivity index (χ0) is 15.6. The smallest absolute Gasteiger partial charge is 0.157 e. The molecule has 1 fully saturated rings. The molecule has 1 saturated carbocycles. The fourth-order valence-corrected chi connectivity index (χ4v) is 3.43. The Kier molecular flexibility index (Phi) is 5.05. The molecule has 1 aliphatic carbocycles. The van der Waals surface area contributed by atoms with Crippen molar-refractivity contribution in [2.24, 2.45) is 5.92 Å². The van der Waals surface area contributed by atoms with Crippen LogP contribution in [-0.4, -0.2) is 30.3 Å². The summed E-state index contributed by atoms with van der Waals surface area (Å²) in [6.07, 6.45) is 4.05. The quantitative estimate of drug-likeness (QED) is 0.834. The van der Waals surface area contributed by atoms with E-state index in [-0.39, 0.29) is 17.2 Å². The van der Waals surface area contributed by atoms with E-state index in [0.717, 1.165) is 25.7 Å². The Hall–Kier alpha value is -0.930. The molecule has 0 aromatic heterocycles. The van der Waals surface area contributed by atoms with Gasteiger partial charge in [-0.15, -0.1) is 0 Å². The van der Waals surface area contributed by atoms with Gasteiger partial charge in [-0.2, -0.15) is 0 Å². The predicted molar refractivity (Wildman–Crippen MR) is 84.2 cm³/mol. The van der Waals surface area contributed by atoms with Crippen LogP contribution in [0.25, 0.3) is 0 Å². The van der Waals surface area contributed by atoms with Crippen LogP contribution in [0.15, 0.2) is 18.2 Å². The molecule has 2 nitrogen and oxygen atoms in total. The maximum absolute atomic E-state index is 13.5. The first-order chi connectivity index (χ1) is 9.86. The molecule has 1 aromatic carbocycles. The van der Waals surface area contributed by atoms with Gasteiger partial charge in [0.2, 0.25) is 0 Å². The van der Waals surface area contributed by atoms with Gasteiger partial charge in [0, 0.05) is 6.42 Å². The molecule has 2 rings (SSSR count). The number of hydrogen-bond acceptors (Lipinski definition) is 2. The van der Waals surface area contributed by atoms with Gasteiger partial charge in [-0.1, -0.05) is 30.7 Å². The summed E-state index contributed by atoms with van der Waals surface area (Å²) in [6.45, 7) is 2.23. The molecule has 0 heterocycles. The van der Waals surface area contributed by atoms with Crippen LogP contribution in [0.3, 0.4) is 0 Å². The molecule has 4 heteroatoms. The Morgan fingerprint density at radius 1 is 1.38 bits per heavy atom. The number of carbonyl (C=O) groups is 1. The number of halogens is 2. The highest BCUT2D eigenvalue weighted by molar-refractivity contribution is 6.31. The van der Waals surface area contributed by atoms with Crippen LogP contribution in [0.5, 0.6) is 0 Å². The summed E-state index contributed by atoms with van der Waals surface area (Å²) in [5, 5.41) is 0.0731. The fourth-order valence-electron chi connectivity index (χ4n) is 3.24. The van der Waals surface area contributed by atoms with Crippen molar-refractivity contribution in [2.75, 3.05) is 14.1 Å². The number of hydrogen-bond donors (Lipinski definition) is 0. The molecule has 0 radical (unpaired) electrons. The number of benzene rings is 1. The summed E-state index contributed by atoms with van der Waals surface area (Å²) < 4.78 is 13.5. The van der Waals surface area contributed by atoms with Crippen molar-refractivity contribution in [1.82, 2.24) is 4.90 Å². The minimum Gasteiger partial charge on any atom is -0.297 e. The van der Waals surface area contributed by atoms with Crippen molar-refractivity contribution in [3.05, 3.63) is 34.6 Å². The van der Waals surface area contributed by atoms with Gasteiger partial charge in [0.05, 0.1) is 10.6 Å². The van der Waals surface area contributed by atoms with Crippen molar-refractivity contribution >= 4 is 17.4 Å². The van der Waals surface area contributed by atoms with Gasteiger partial charge in [0.25, 0.3) is 0 Å². The standard InChI is InChI=1S/C17H23ClFNO/c1-12-7-9-17(10-8-12,20(2)3)15(21)11-13-5-4-6-14(19)16(13)18/h4-6,12H,7-11H2,1-3H3. The largest absolute Gasteiger partial charge is 0.297 e. The van der Waals surface area contributed by atoms with Crippen LogP contribution < -0.4 is 0 Å². The summed E-state index contributed by atoms with van der Waals surface area (Å²) in [5.74, 6) is 0.355. The van der Waals surface area contributed by atoms with Gasteiger partial charge in [-0.3, -0.25) is 9.69 Å². The molecular formula is C17H23ClFNO. The van der Waals surface area contributed by atoms with Gasteiger partial charge in [0.1, 0.15) is 5.82 Å². The Bertz CT molecular complexity index is 522. The molecule has 0 saturated heterocycles. The Morgan fingerprint density at radius 3 is 2.57 bits per heavy atom. The topological polar surface area (TPSA) is 20.3 Å². The van der Waals surface area contributed by atoms with E-state index in [4.69, 9.17) is 11.6 Å². The summed E-state index contributed by atoms with van der Waals surface area (Å²) in [4.78, 5) is 14.9. The van der Waals surface area contributed by atoms with Gasteiger partial charge in [-0.25, -0.2) is 4.39 Å². The number of ketones is 1. The third kappa shape index (κ3) is 3.29. The van der Waals surface area contributed by atoms with Gasteiger partial charge < -0.3 is 0 Å². The molecule has 0 N–H and O–H groups in total. The van der Waals surface area contributed by atoms with E-state index in [1.54, 1.807) is 12.1 Å². The first kappa shape index (κ1) is 16.4. The predicted octanol–water partition coefficient (Wildman–Crippen LogP) is 4.10. The van der Waals surface area contributed by atoms with Crippen molar-refractivity contribution in [1.29, 1.82) is 0 Å². The molecule has 1 aromatic rings. The zero-order valence-electron chi connectivity index (χ0n) is 13.0. The highest BCUT2D eigenvalue weighted by atomic mass is 35.5. The van der Waals surface area contributed by atoms with E-state index >= 15 is 0 Å². The Labute approximate surface area is 131 Å². The van der Waals surface area contributed by atoms with Gasteiger partial charge in [0.15, 0.2) is 5.78 Å². The minimum atomic E-state index is -0.460. The average molecular weight is 312 g/mol. The molecule has 0 amide bonds. The van der Waals surface area contributed by atoms with E-state index in [1.165, 1.54) is 6.07 Å². The normalized spacial score (nSPS) is 26.1. The van der Waals surface area contributed by atoms with E-state index < -0.39 is 11.4 Å². The molecule has 1 aliphatic rings. The average Bonchev–Trinajstić information content (AvgIpc) is 2.44. The number of carbonyl (C=O) groups excluding carboxylic acids is 1. The van der Waals surface area contributed by atoms with Crippen molar-refractivity contribution < 1.29 is 9.18 Å². The van der Waals surface area contributed by atoms with Crippen molar-refractivity contribution in [2.45, 2.75) is 44.6 Å². The third-order valence-electron chi connectivity index (χ3n) is 4.86. The fraction of sp³-hybridized carbons (Fsp3) is 0.588. The maximum atomic E-state index is 13.5. The summed E-state index contributed by atoms with van der Waals surface area (Å²) in [5.41, 5.74) is 0.156. The first-order valence-corrected chi connectivity index (χ1v) is 7.88. The number of rotatable bonds is 4. The maximum Gasteiger partial charge on any atom is 0.157 e. The molecular weight excluding hydrogens is 289 g/mol. The van der Waals surface area contributed by atoms with Crippen molar-refractivity contribution in [3.63, 3.8) is 0 Å². The second-order valence-corrected chi connectivity index (χ2v) is 6.80. The van der Waals surface area contributed by atoms with Crippen LogP contribution in [0, 0.1) is 11.7 Å². The lowest BCUT2D eigenvalue weighted by molar-refractivity contribution is -0.131. The van der Waals surface area contributed by atoms with Crippen LogP contribution >= 0.6 is 11.6 Å². The molecule has 21 heavy (non-hydrogen) atoms. The zero-order valence-corrected chi connectivity index (χ0v) is 13.7. The second kappa shape index (κ2) is 6.45. The van der Waals surface area contributed by atoms with E-state index in [9.17, 15) is 9.18 Å². The SMILES string of the molecule is CC1CCC(C(=O)Cc2cccc(F)c2Cl)(N(C)C)CC1. The summed E-state index contributed by atoms with van der Waals surface area (Å²) in [7, 11) is 3.92. The lowest BCUT2D eigenvalue weighted by Gasteiger charge is -2.43. The highest BCUT2D eigenvalue weighted by Crippen LogP contribution is 2.37. The van der Waals surface area contributed by atoms with Gasteiger partial charge >= 0.3 is 0 Å². The molecule has 0 atom stereocenters. The monoisotopic (exact) mass is 311 g/mol. The molecule has 0 aliphatic heterocycles. The van der Waals surface area contributed by atoms with E-state index in [0.29, 0.717) is 11.5 Å². The number of likely N-dealkylation sites (N-methyl/N-ethyl adjacent to an activating group) is 1. The summed E-state index contributed by atoms with van der Waals surface area (Å²) in [6, 6.07) is 4.66. The molecule has 0 bridgehead atoms. The summed E-state index contributed by atoms with van der Waals surface area (Å²) >= 11 is 5.98. The molecule has 0 unspecified atom stereocenters. The van der Waals surface area contributed by atoms with Crippen LogP contribution in [0.4, 0.5) is 4.39 Å². The van der Waals surface area contributed by atoms with Crippen LogP contribution in [0.2, 0.25) is 5.02 Å². The Balaban J connectivity index is 2.22. The lowest BCUT2D eigenvalue weighted by atomic mass is 9.72. The third-order valence-corrected chi connectivity index (χ3v) is 5.28. The molecule has 116 valence electrons. The number of Topliss-reactive ketones (excluding diaryl/α,β-unsaturated/α-hetero) is 1. The number of nitrogens with zero attached hydrogens (tertiary/aromatic N) is 1. The van der Waals surface area contributed by atoms with E-state index in [2.05, 4.69) is 6.92 Å². The Morgan fingerprint density at radius 2 is 2.00 bits per heavy atom. The van der Waals surface area contributed by atoms with Crippen molar-refractivity contribution in [3.8, 4) is 0 Å². The first-order valence-electron chi connectivity index (χ1n) is 7.50. The minimum absolute atomic E-state index is 0.0731.